The molecule has 0 unspecified atom stereocenters. The lowest BCUT2D eigenvalue weighted by atomic mass is 10.1. The van der Waals surface area contributed by atoms with Crippen LogP contribution in [0.25, 0.3) is 6.08 Å². The Morgan fingerprint density at radius 1 is 1.47 bits per heavy atom. The number of hydrogen-bond acceptors (Lipinski definition) is 2. The van der Waals surface area contributed by atoms with E-state index < -0.39 is 5.97 Å². The van der Waals surface area contributed by atoms with E-state index in [9.17, 15) is 9.90 Å². The van der Waals surface area contributed by atoms with Crippen molar-refractivity contribution >= 4 is 23.6 Å². The van der Waals surface area contributed by atoms with Gasteiger partial charge in [0.15, 0.2) is 0 Å². The van der Waals surface area contributed by atoms with E-state index in [0.717, 1.165) is 12.0 Å². The second kappa shape index (κ2) is 5.41. The van der Waals surface area contributed by atoms with Crippen LogP contribution in [0.5, 0.6) is 5.75 Å². The summed E-state index contributed by atoms with van der Waals surface area (Å²) in [4.78, 5) is 10.6. The molecule has 0 bridgehead atoms. The average Bonchev–Trinajstić information content (AvgIpc) is 2.17. The molecule has 0 saturated carbocycles. The molecule has 0 fully saturated rings. The van der Waals surface area contributed by atoms with Gasteiger partial charge < -0.3 is 10.2 Å². The summed E-state index contributed by atoms with van der Waals surface area (Å²) in [6.45, 7) is 0. The summed E-state index contributed by atoms with van der Waals surface area (Å²) in [5.74, 6) is -0.824. The summed E-state index contributed by atoms with van der Waals surface area (Å²) < 4.78 is 0. The van der Waals surface area contributed by atoms with E-state index in [1.807, 2.05) is 6.08 Å². The summed E-state index contributed by atoms with van der Waals surface area (Å²) in [5.41, 5.74) is 0.659. The lowest BCUT2D eigenvalue weighted by molar-refractivity contribution is 0.0694. The molecule has 1 aromatic carbocycles. The summed E-state index contributed by atoms with van der Waals surface area (Å²) in [6.07, 6.45) is 4.39. The zero-order valence-electron chi connectivity index (χ0n) is 7.98. The second-order valence-electron chi connectivity index (χ2n) is 2.96. The Bertz CT molecular complexity index is 385. The molecule has 2 N–H and O–H groups in total. The number of aromatic carboxylic acids is 1. The highest BCUT2D eigenvalue weighted by Crippen LogP contribution is 2.19. The van der Waals surface area contributed by atoms with Crippen molar-refractivity contribution in [2.45, 2.75) is 6.42 Å². The van der Waals surface area contributed by atoms with Crippen molar-refractivity contribution in [3.8, 4) is 5.75 Å². The van der Waals surface area contributed by atoms with Gasteiger partial charge >= 0.3 is 5.97 Å². The van der Waals surface area contributed by atoms with Crippen LogP contribution in [0.4, 0.5) is 0 Å². The number of aromatic hydroxyl groups is 1. The van der Waals surface area contributed by atoms with Crippen LogP contribution in [0.3, 0.4) is 0 Å². The predicted octanol–water partition coefficient (Wildman–Crippen LogP) is 2.73. The Labute approximate surface area is 92.6 Å². The van der Waals surface area contributed by atoms with Crippen molar-refractivity contribution in [1.29, 1.82) is 0 Å². The molecule has 4 heteroatoms. The van der Waals surface area contributed by atoms with Crippen LogP contribution >= 0.6 is 11.6 Å². The number of carboxylic acid groups (broad SMARTS) is 1. The van der Waals surface area contributed by atoms with Gasteiger partial charge in [0, 0.05) is 5.88 Å². The highest BCUT2D eigenvalue weighted by atomic mass is 35.5. The van der Waals surface area contributed by atoms with Gasteiger partial charge in [-0.25, -0.2) is 4.79 Å². The van der Waals surface area contributed by atoms with E-state index in [0.29, 0.717) is 5.88 Å². The summed E-state index contributed by atoms with van der Waals surface area (Å²) in [6, 6.07) is 4.42. The van der Waals surface area contributed by atoms with Gasteiger partial charge in [0.2, 0.25) is 0 Å². The van der Waals surface area contributed by atoms with Crippen molar-refractivity contribution in [2.24, 2.45) is 0 Å². The zero-order chi connectivity index (χ0) is 11.3. The number of hydrogen-bond donors (Lipinski definition) is 2. The Kier molecular flexibility index (Phi) is 4.18. The Balaban J connectivity index is 2.87. The predicted molar refractivity (Wildman–Crippen MR) is 59.4 cm³/mol. The van der Waals surface area contributed by atoms with Gasteiger partial charge in [-0.05, 0) is 24.1 Å². The van der Waals surface area contributed by atoms with Crippen LogP contribution in [0.2, 0.25) is 0 Å². The fourth-order valence-electron chi connectivity index (χ4n) is 1.12. The average molecular weight is 227 g/mol. The van der Waals surface area contributed by atoms with Crippen LogP contribution in [0.15, 0.2) is 24.3 Å². The first-order valence-electron chi connectivity index (χ1n) is 4.44. The molecule has 0 aromatic heterocycles. The molecule has 1 aromatic rings. The summed E-state index contributed by atoms with van der Waals surface area (Å²) >= 11 is 5.49. The second-order valence-corrected chi connectivity index (χ2v) is 3.34. The minimum Gasteiger partial charge on any atom is -0.507 e. The zero-order valence-corrected chi connectivity index (χ0v) is 8.74. The standard InChI is InChI=1S/C11H11ClO3/c12-6-2-1-3-8-4-5-9(11(14)15)10(13)7-8/h1,3-5,7,13H,2,6H2,(H,14,15). The van der Waals surface area contributed by atoms with Crippen molar-refractivity contribution in [2.75, 3.05) is 5.88 Å². The molecule has 15 heavy (non-hydrogen) atoms. The van der Waals surface area contributed by atoms with Crippen molar-refractivity contribution in [3.05, 3.63) is 35.4 Å². The summed E-state index contributed by atoms with van der Waals surface area (Å²) in [7, 11) is 0. The number of benzene rings is 1. The molecular formula is C11H11ClO3. The fraction of sp³-hybridized carbons (Fsp3) is 0.182. The monoisotopic (exact) mass is 226 g/mol. The lowest BCUT2D eigenvalue weighted by Gasteiger charge is -2.00. The van der Waals surface area contributed by atoms with Gasteiger partial charge in [-0.1, -0.05) is 18.2 Å². The van der Waals surface area contributed by atoms with E-state index in [1.165, 1.54) is 12.1 Å². The van der Waals surface area contributed by atoms with Gasteiger partial charge in [-0.3, -0.25) is 0 Å². The molecule has 0 spiro atoms. The minimum absolute atomic E-state index is 0.0931. The van der Waals surface area contributed by atoms with E-state index in [4.69, 9.17) is 16.7 Å². The molecular weight excluding hydrogens is 216 g/mol. The number of phenols is 1. The van der Waals surface area contributed by atoms with Crippen LogP contribution in [-0.4, -0.2) is 22.1 Å². The quantitative estimate of drug-likeness (QED) is 0.777. The maximum Gasteiger partial charge on any atom is 0.339 e. The molecule has 0 radical (unpaired) electrons. The molecule has 3 nitrogen and oxygen atoms in total. The molecule has 0 heterocycles. The van der Waals surface area contributed by atoms with Crippen LogP contribution in [-0.2, 0) is 0 Å². The van der Waals surface area contributed by atoms with Crippen LogP contribution < -0.4 is 0 Å². The van der Waals surface area contributed by atoms with Crippen LogP contribution in [0, 0.1) is 0 Å². The molecule has 0 amide bonds. The molecule has 0 aliphatic carbocycles. The first-order valence-corrected chi connectivity index (χ1v) is 4.97. The van der Waals surface area contributed by atoms with Crippen molar-refractivity contribution < 1.29 is 15.0 Å². The Hall–Kier alpha value is -1.48. The highest BCUT2D eigenvalue weighted by molar-refractivity contribution is 6.17. The third kappa shape index (κ3) is 3.29. The Morgan fingerprint density at radius 3 is 2.73 bits per heavy atom. The number of alkyl halides is 1. The third-order valence-electron chi connectivity index (χ3n) is 1.84. The first-order chi connectivity index (χ1) is 7.15. The van der Waals surface area contributed by atoms with E-state index in [2.05, 4.69) is 0 Å². The Morgan fingerprint density at radius 2 is 2.20 bits per heavy atom. The fourth-order valence-corrected chi connectivity index (χ4v) is 1.24. The van der Waals surface area contributed by atoms with Gasteiger partial charge in [-0.15, -0.1) is 11.6 Å². The molecule has 0 saturated heterocycles. The number of halogens is 1. The van der Waals surface area contributed by atoms with Gasteiger partial charge in [0.1, 0.15) is 11.3 Å². The van der Waals surface area contributed by atoms with E-state index in [1.54, 1.807) is 12.1 Å². The molecule has 0 atom stereocenters. The van der Waals surface area contributed by atoms with E-state index >= 15 is 0 Å². The summed E-state index contributed by atoms with van der Waals surface area (Å²) in [5, 5.41) is 18.1. The maximum absolute atomic E-state index is 10.6. The lowest BCUT2D eigenvalue weighted by Crippen LogP contribution is -1.96. The first kappa shape index (κ1) is 11.6. The molecule has 1 rings (SSSR count). The minimum atomic E-state index is -1.14. The third-order valence-corrected chi connectivity index (χ3v) is 2.06. The maximum atomic E-state index is 10.6. The van der Waals surface area contributed by atoms with Gasteiger partial charge in [0.05, 0.1) is 0 Å². The highest BCUT2D eigenvalue weighted by Gasteiger charge is 2.08. The topological polar surface area (TPSA) is 57.5 Å². The largest absolute Gasteiger partial charge is 0.507 e. The van der Waals surface area contributed by atoms with Crippen LogP contribution in [0.1, 0.15) is 22.3 Å². The number of carboxylic acids is 1. The number of carbonyl (C=O) groups is 1. The number of rotatable bonds is 4. The van der Waals surface area contributed by atoms with Gasteiger partial charge in [0.25, 0.3) is 0 Å². The molecule has 0 aliphatic heterocycles. The van der Waals surface area contributed by atoms with Gasteiger partial charge in [-0.2, -0.15) is 0 Å². The molecule has 80 valence electrons. The van der Waals surface area contributed by atoms with Crippen molar-refractivity contribution in [3.63, 3.8) is 0 Å². The van der Waals surface area contributed by atoms with Crippen molar-refractivity contribution in [1.82, 2.24) is 0 Å². The number of allylic oxidation sites excluding steroid dienone is 1. The normalized spacial score (nSPS) is 10.7. The SMILES string of the molecule is O=C(O)c1ccc(C=CCCCl)cc1O. The molecule has 0 aliphatic rings. The smallest absolute Gasteiger partial charge is 0.339 e. The van der Waals surface area contributed by atoms with E-state index in [-0.39, 0.29) is 11.3 Å².